The van der Waals surface area contributed by atoms with Crippen molar-refractivity contribution in [2.24, 2.45) is 5.92 Å². The zero-order valence-corrected chi connectivity index (χ0v) is 16.7. The number of aliphatic hydroxyl groups is 1. The molecule has 0 aromatic heterocycles. The first-order chi connectivity index (χ1) is 12.5. The summed E-state index contributed by atoms with van der Waals surface area (Å²) in [5, 5.41) is 10.1. The molecule has 0 amide bonds. The second-order valence-electron chi connectivity index (χ2n) is 6.62. The number of rotatable bonds is 12. The third kappa shape index (κ3) is 7.36. The minimum atomic E-state index is -0.420. The Morgan fingerprint density at radius 2 is 1.85 bits per heavy atom. The van der Waals surface area contributed by atoms with Crippen LogP contribution in [0.4, 0.5) is 0 Å². The Morgan fingerprint density at radius 1 is 1.15 bits per heavy atom. The third-order valence-electron chi connectivity index (χ3n) is 4.55. The minimum Gasteiger partial charge on any atom is -0.510 e. The zero-order chi connectivity index (χ0) is 19.4. The van der Waals surface area contributed by atoms with Gasteiger partial charge in [-0.15, -0.1) is 0 Å². The van der Waals surface area contributed by atoms with Crippen LogP contribution in [0.15, 0.2) is 34.6 Å². The van der Waals surface area contributed by atoms with Crippen LogP contribution in [0.3, 0.4) is 0 Å². The predicted octanol–water partition coefficient (Wildman–Crippen LogP) is 5.77. The third-order valence-corrected chi connectivity index (χ3v) is 4.91. The van der Waals surface area contributed by atoms with Crippen molar-refractivity contribution in [2.45, 2.75) is 71.1 Å². The number of esters is 1. The lowest BCUT2D eigenvalue weighted by Crippen LogP contribution is -2.03. The number of ether oxygens (including phenoxy) is 1. The molecule has 1 rings (SSSR count). The summed E-state index contributed by atoms with van der Waals surface area (Å²) >= 11 is 5.95. The summed E-state index contributed by atoms with van der Waals surface area (Å²) < 4.78 is 4.61. The molecule has 146 valence electrons. The van der Waals surface area contributed by atoms with E-state index in [9.17, 15) is 14.7 Å². The van der Waals surface area contributed by atoms with Crippen molar-refractivity contribution in [1.29, 1.82) is 0 Å². The Balaban J connectivity index is 2.51. The molecule has 0 radical (unpaired) electrons. The van der Waals surface area contributed by atoms with E-state index in [1.165, 1.54) is 26.4 Å². The number of carbonyl (C=O) groups excluding carboxylic acids is 2. The fourth-order valence-electron chi connectivity index (χ4n) is 2.95. The fourth-order valence-corrected chi connectivity index (χ4v) is 3.18. The van der Waals surface area contributed by atoms with E-state index in [1.807, 2.05) is 18.2 Å². The van der Waals surface area contributed by atoms with E-state index >= 15 is 0 Å². The molecule has 0 saturated carbocycles. The number of hydrogen-bond donors (Lipinski definition) is 1. The second-order valence-corrected chi connectivity index (χ2v) is 7.00. The Labute approximate surface area is 161 Å². The van der Waals surface area contributed by atoms with Gasteiger partial charge in [0, 0.05) is 12.0 Å². The van der Waals surface area contributed by atoms with Crippen molar-refractivity contribution in [1.82, 2.24) is 0 Å². The first kappa shape index (κ1) is 22.5. The van der Waals surface area contributed by atoms with Gasteiger partial charge < -0.3 is 9.84 Å². The molecule has 5 heteroatoms. The molecule has 0 aliphatic heterocycles. The van der Waals surface area contributed by atoms with Crippen LogP contribution in [-0.4, -0.2) is 24.0 Å². The highest BCUT2D eigenvalue weighted by Crippen LogP contribution is 2.36. The van der Waals surface area contributed by atoms with Crippen LogP contribution in [0.25, 0.3) is 0 Å². The lowest BCUT2D eigenvalue weighted by molar-refractivity contribution is -0.140. The molecule has 1 aliphatic carbocycles. The van der Waals surface area contributed by atoms with E-state index in [2.05, 4.69) is 11.7 Å². The van der Waals surface area contributed by atoms with Gasteiger partial charge >= 0.3 is 5.97 Å². The molecule has 0 spiro atoms. The van der Waals surface area contributed by atoms with Gasteiger partial charge in [-0.2, -0.15) is 0 Å². The van der Waals surface area contributed by atoms with Crippen LogP contribution in [0.2, 0.25) is 0 Å². The number of ketones is 1. The zero-order valence-electron chi connectivity index (χ0n) is 15.9. The lowest BCUT2D eigenvalue weighted by atomic mass is 9.97. The maximum Gasteiger partial charge on any atom is 0.305 e. The smallest absolute Gasteiger partial charge is 0.305 e. The van der Waals surface area contributed by atoms with Gasteiger partial charge in [0.25, 0.3) is 0 Å². The highest BCUT2D eigenvalue weighted by molar-refractivity contribution is 6.46. The molecule has 1 aliphatic rings. The van der Waals surface area contributed by atoms with E-state index < -0.39 is 5.92 Å². The molecule has 0 aromatic rings. The van der Waals surface area contributed by atoms with E-state index in [4.69, 9.17) is 11.6 Å². The van der Waals surface area contributed by atoms with E-state index in [0.717, 1.165) is 38.5 Å². The summed E-state index contributed by atoms with van der Waals surface area (Å²) in [4.78, 5) is 23.3. The molecule has 0 aromatic carbocycles. The van der Waals surface area contributed by atoms with Crippen molar-refractivity contribution in [2.75, 3.05) is 7.11 Å². The largest absolute Gasteiger partial charge is 0.510 e. The molecule has 26 heavy (non-hydrogen) atoms. The van der Waals surface area contributed by atoms with Gasteiger partial charge in [0.15, 0.2) is 0 Å². The lowest BCUT2D eigenvalue weighted by Gasteiger charge is -2.07. The molecule has 0 saturated heterocycles. The summed E-state index contributed by atoms with van der Waals surface area (Å²) in [6.45, 7) is 2.18. The average molecular weight is 383 g/mol. The highest BCUT2D eigenvalue weighted by atomic mass is 35.5. The summed E-state index contributed by atoms with van der Waals surface area (Å²) in [5.74, 6) is -0.937. The van der Waals surface area contributed by atoms with Gasteiger partial charge in [-0.25, -0.2) is 0 Å². The molecule has 0 bridgehead atoms. The van der Waals surface area contributed by atoms with Crippen LogP contribution >= 0.6 is 11.6 Å². The van der Waals surface area contributed by atoms with Crippen molar-refractivity contribution >= 4 is 23.4 Å². The number of hydrogen-bond acceptors (Lipinski definition) is 4. The first-order valence-electron chi connectivity index (χ1n) is 9.59. The van der Waals surface area contributed by atoms with Crippen molar-refractivity contribution in [3.8, 4) is 0 Å². The first-order valence-corrected chi connectivity index (χ1v) is 9.97. The number of halogens is 1. The number of carbonyl (C=O) groups is 2. The molecule has 0 fully saturated rings. The van der Waals surface area contributed by atoms with Gasteiger partial charge in [0.1, 0.15) is 10.8 Å². The summed E-state index contributed by atoms with van der Waals surface area (Å²) in [6.07, 6.45) is 15.1. The van der Waals surface area contributed by atoms with Crippen LogP contribution in [0.1, 0.15) is 71.1 Å². The maximum atomic E-state index is 12.2. The molecule has 1 N–H and O–H groups in total. The predicted molar refractivity (Wildman–Crippen MR) is 105 cm³/mol. The van der Waals surface area contributed by atoms with Crippen LogP contribution in [0, 0.1) is 5.92 Å². The average Bonchev–Trinajstić information content (AvgIpc) is 2.84. The molecule has 0 heterocycles. The van der Waals surface area contributed by atoms with Gasteiger partial charge in [-0.05, 0) is 32.1 Å². The Morgan fingerprint density at radius 3 is 2.54 bits per heavy atom. The van der Waals surface area contributed by atoms with Crippen molar-refractivity contribution in [3.05, 3.63) is 34.6 Å². The van der Waals surface area contributed by atoms with E-state index in [1.54, 1.807) is 0 Å². The normalized spacial score (nSPS) is 19.1. The van der Waals surface area contributed by atoms with Gasteiger partial charge in [0.2, 0.25) is 5.78 Å². The topological polar surface area (TPSA) is 63.6 Å². The number of aliphatic hydroxyl groups excluding tert-OH is 1. The Hall–Kier alpha value is -1.55. The molecule has 4 nitrogen and oxygen atoms in total. The van der Waals surface area contributed by atoms with E-state index in [0.29, 0.717) is 12.0 Å². The van der Waals surface area contributed by atoms with Crippen molar-refractivity contribution < 1.29 is 19.4 Å². The number of methoxy groups -OCH3 is 1. The molecule has 1 unspecified atom stereocenters. The minimum absolute atomic E-state index is 0.0431. The standard InChI is InChI=1S/C21H31ClO4/c1-3-4-5-6-7-10-13-16-17(21(25)19(22)20(16)24)14-11-8-9-12-15-18(23)26-2/h10,13-14,16,24H,3-9,11-12,15H2,1-2H3. The molecular weight excluding hydrogens is 352 g/mol. The van der Waals surface area contributed by atoms with Gasteiger partial charge in [-0.1, -0.05) is 62.4 Å². The molecule has 1 atom stereocenters. The number of Topliss-reactive ketones (excluding diaryl/α,β-unsaturated/α-hetero) is 1. The van der Waals surface area contributed by atoms with Crippen LogP contribution < -0.4 is 0 Å². The summed E-state index contributed by atoms with van der Waals surface area (Å²) in [7, 11) is 1.39. The fraction of sp³-hybridized carbons (Fsp3) is 0.619. The van der Waals surface area contributed by atoms with Gasteiger partial charge in [-0.3, -0.25) is 9.59 Å². The Bertz CT molecular complexity index is 560. The number of allylic oxidation sites excluding steroid dienone is 4. The quantitative estimate of drug-likeness (QED) is 0.201. The second kappa shape index (κ2) is 12.7. The number of unbranched alkanes of at least 4 members (excludes halogenated alkanes) is 7. The maximum absolute atomic E-state index is 12.2. The van der Waals surface area contributed by atoms with Gasteiger partial charge in [0.05, 0.1) is 13.0 Å². The Kier molecular flexibility index (Phi) is 11.0. The summed E-state index contributed by atoms with van der Waals surface area (Å²) in [6, 6.07) is 0. The van der Waals surface area contributed by atoms with E-state index in [-0.39, 0.29) is 22.5 Å². The van der Waals surface area contributed by atoms with Crippen molar-refractivity contribution in [3.63, 3.8) is 0 Å². The van der Waals surface area contributed by atoms with Crippen LogP contribution in [0.5, 0.6) is 0 Å². The highest BCUT2D eigenvalue weighted by Gasteiger charge is 2.34. The monoisotopic (exact) mass is 382 g/mol. The SMILES string of the molecule is CCCCCCC=CC1C(=CCCCCCC(=O)OC)C(=O)C(Cl)=C1O. The summed E-state index contributed by atoms with van der Waals surface area (Å²) in [5.41, 5.74) is 0.560. The molecular formula is C21H31ClO4. The van der Waals surface area contributed by atoms with Crippen LogP contribution in [-0.2, 0) is 14.3 Å².